The lowest BCUT2D eigenvalue weighted by Crippen LogP contribution is -2.33. The Morgan fingerprint density at radius 1 is 1.80 bits per heavy atom. The molecule has 1 N–H and O–H groups in total. The standard InChI is InChI=1S/C10H14N2O2S/c1-7-12-8(6-15-7)5-11-10(13)9-3-2-4-14-9/h6,9H,2-5H2,1H3,(H,11,13)/t9-/m0/s1. The van der Waals surface area contributed by atoms with Gasteiger partial charge in [0.15, 0.2) is 0 Å². The summed E-state index contributed by atoms with van der Waals surface area (Å²) in [5.41, 5.74) is 0.920. The van der Waals surface area contributed by atoms with Crippen molar-refractivity contribution in [2.75, 3.05) is 6.61 Å². The first-order chi connectivity index (χ1) is 7.25. The molecule has 2 heterocycles. The van der Waals surface area contributed by atoms with Gasteiger partial charge >= 0.3 is 0 Å². The van der Waals surface area contributed by atoms with Gasteiger partial charge in [-0.2, -0.15) is 0 Å². The van der Waals surface area contributed by atoms with Gasteiger partial charge in [0, 0.05) is 12.0 Å². The number of aromatic nitrogens is 1. The molecule has 1 fully saturated rings. The van der Waals surface area contributed by atoms with E-state index >= 15 is 0 Å². The largest absolute Gasteiger partial charge is 0.368 e. The van der Waals surface area contributed by atoms with Crippen LogP contribution in [0.2, 0.25) is 0 Å². The van der Waals surface area contributed by atoms with Crippen molar-refractivity contribution < 1.29 is 9.53 Å². The van der Waals surface area contributed by atoms with Crippen LogP contribution in [0.25, 0.3) is 0 Å². The van der Waals surface area contributed by atoms with Crippen molar-refractivity contribution in [3.05, 3.63) is 16.1 Å². The third-order valence-corrected chi connectivity index (χ3v) is 3.15. The number of hydrogen-bond donors (Lipinski definition) is 1. The van der Waals surface area contributed by atoms with E-state index in [1.54, 1.807) is 11.3 Å². The van der Waals surface area contributed by atoms with E-state index in [4.69, 9.17) is 4.74 Å². The number of carbonyl (C=O) groups is 1. The summed E-state index contributed by atoms with van der Waals surface area (Å²) in [6.07, 6.45) is 1.57. The van der Waals surface area contributed by atoms with E-state index in [1.165, 1.54) is 0 Å². The number of amides is 1. The van der Waals surface area contributed by atoms with Gasteiger partial charge in [-0.3, -0.25) is 4.79 Å². The van der Waals surface area contributed by atoms with Crippen LogP contribution < -0.4 is 5.32 Å². The van der Waals surface area contributed by atoms with Crippen LogP contribution in [0.5, 0.6) is 0 Å². The number of thiazole rings is 1. The highest BCUT2D eigenvalue weighted by atomic mass is 32.1. The Morgan fingerprint density at radius 3 is 3.27 bits per heavy atom. The Morgan fingerprint density at radius 2 is 2.67 bits per heavy atom. The Kier molecular flexibility index (Phi) is 3.33. The lowest BCUT2D eigenvalue weighted by atomic mass is 10.2. The van der Waals surface area contributed by atoms with Crippen molar-refractivity contribution in [1.82, 2.24) is 10.3 Å². The fourth-order valence-electron chi connectivity index (χ4n) is 1.57. The van der Waals surface area contributed by atoms with E-state index in [9.17, 15) is 4.79 Å². The van der Waals surface area contributed by atoms with Crippen LogP contribution >= 0.6 is 11.3 Å². The first-order valence-corrected chi connectivity index (χ1v) is 5.94. The molecule has 0 saturated carbocycles. The zero-order valence-corrected chi connectivity index (χ0v) is 9.47. The van der Waals surface area contributed by atoms with Gasteiger partial charge in [0.2, 0.25) is 5.91 Å². The molecule has 0 aromatic carbocycles. The molecule has 82 valence electrons. The first-order valence-electron chi connectivity index (χ1n) is 5.06. The van der Waals surface area contributed by atoms with Crippen LogP contribution in [0, 0.1) is 6.92 Å². The summed E-state index contributed by atoms with van der Waals surface area (Å²) in [5.74, 6) is -0.0156. The number of nitrogens with zero attached hydrogens (tertiary/aromatic N) is 1. The lowest BCUT2D eigenvalue weighted by Gasteiger charge is -2.08. The van der Waals surface area contributed by atoms with Crippen molar-refractivity contribution in [2.45, 2.75) is 32.4 Å². The highest BCUT2D eigenvalue weighted by Gasteiger charge is 2.23. The molecule has 15 heavy (non-hydrogen) atoms. The smallest absolute Gasteiger partial charge is 0.249 e. The number of aryl methyl sites for hydroxylation is 1. The second-order valence-electron chi connectivity index (χ2n) is 3.58. The molecule has 1 amide bonds. The van der Waals surface area contributed by atoms with Crippen molar-refractivity contribution >= 4 is 17.2 Å². The summed E-state index contributed by atoms with van der Waals surface area (Å²) in [4.78, 5) is 15.8. The molecule has 0 radical (unpaired) electrons. The van der Waals surface area contributed by atoms with Crippen LogP contribution in [-0.4, -0.2) is 23.6 Å². The molecular formula is C10H14N2O2S. The molecule has 1 saturated heterocycles. The van der Waals surface area contributed by atoms with Crippen molar-refractivity contribution in [3.8, 4) is 0 Å². The molecule has 1 aliphatic rings. The number of ether oxygens (including phenoxy) is 1. The minimum absolute atomic E-state index is 0.0156. The van der Waals surface area contributed by atoms with Crippen LogP contribution in [0.4, 0.5) is 0 Å². The van der Waals surface area contributed by atoms with Gasteiger partial charge in [-0.05, 0) is 19.8 Å². The Balaban J connectivity index is 1.80. The summed E-state index contributed by atoms with van der Waals surface area (Å²) in [6.45, 7) is 3.16. The molecule has 1 aromatic heterocycles. The van der Waals surface area contributed by atoms with Gasteiger partial charge < -0.3 is 10.1 Å². The zero-order valence-electron chi connectivity index (χ0n) is 8.66. The van der Waals surface area contributed by atoms with E-state index in [2.05, 4.69) is 10.3 Å². The third-order valence-electron chi connectivity index (χ3n) is 2.33. The average Bonchev–Trinajstić information content (AvgIpc) is 2.84. The monoisotopic (exact) mass is 226 g/mol. The SMILES string of the molecule is Cc1nc(CNC(=O)[C@@H]2CCCO2)cs1. The molecule has 2 rings (SSSR count). The number of nitrogens with one attached hydrogen (secondary N) is 1. The summed E-state index contributed by atoms with van der Waals surface area (Å²) < 4.78 is 5.28. The molecule has 0 spiro atoms. The van der Waals surface area contributed by atoms with Gasteiger partial charge in [0.05, 0.1) is 17.2 Å². The van der Waals surface area contributed by atoms with Crippen molar-refractivity contribution in [1.29, 1.82) is 0 Å². The molecule has 1 aromatic rings. The highest BCUT2D eigenvalue weighted by molar-refractivity contribution is 7.09. The number of rotatable bonds is 3. The first kappa shape index (κ1) is 10.6. The number of hydrogen-bond acceptors (Lipinski definition) is 4. The normalized spacial score (nSPS) is 20.5. The van der Waals surface area contributed by atoms with Crippen LogP contribution in [0.1, 0.15) is 23.5 Å². The minimum Gasteiger partial charge on any atom is -0.368 e. The summed E-state index contributed by atoms with van der Waals surface area (Å²) in [7, 11) is 0. The Hall–Kier alpha value is -0.940. The summed E-state index contributed by atoms with van der Waals surface area (Å²) >= 11 is 1.59. The maximum absolute atomic E-state index is 11.6. The van der Waals surface area contributed by atoms with Crippen LogP contribution in [0.3, 0.4) is 0 Å². The van der Waals surface area contributed by atoms with E-state index in [1.807, 2.05) is 12.3 Å². The van der Waals surface area contributed by atoms with Gasteiger partial charge in [-0.1, -0.05) is 0 Å². The molecule has 1 atom stereocenters. The van der Waals surface area contributed by atoms with Crippen LogP contribution in [-0.2, 0) is 16.1 Å². The Bertz CT molecular complexity index is 345. The molecule has 0 unspecified atom stereocenters. The second-order valence-corrected chi connectivity index (χ2v) is 4.64. The Labute approximate surface area is 92.7 Å². The van der Waals surface area contributed by atoms with Gasteiger partial charge in [-0.25, -0.2) is 4.98 Å². The maximum atomic E-state index is 11.6. The predicted octanol–water partition coefficient (Wildman–Crippen LogP) is 1.25. The quantitative estimate of drug-likeness (QED) is 0.843. The summed E-state index contributed by atoms with van der Waals surface area (Å²) in [6, 6.07) is 0. The topological polar surface area (TPSA) is 51.2 Å². The van der Waals surface area contributed by atoms with E-state index < -0.39 is 0 Å². The molecule has 1 aliphatic heterocycles. The van der Waals surface area contributed by atoms with E-state index in [0.717, 1.165) is 23.5 Å². The molecule has 5 heteroatoms. The van der Waals surface area contributed by atoms with Gasteiger partial charge in [0.25, 0.3) is 0 Å². The molecule has 0 aliphatic carbocycles. The van der Waals surface area contributed by atoms with Crippen LogP contribution in [0.15, 0.2) is 5.38 Å². The second kappa shape index (κ2) is 4.72. The fourth-order valence-corrected chi connectivity index (χ4v) is 2.18. The summed E-state index contributed by atoms with van der Waals surface area (Å²) in [5, 5.41) is 5.82. The predicted molar refractivity (Wildman–Crippen MR) is 57.7 cm³/mol. The van der Waals surface area contributed by atoms with Gasteiger partial charge in [-0.15, -0.1) is 11.3 Å². The third kappa shape index (κ3) is 2.76. The van der Waals surface area contributed by atoms with E-state index in [0.29, 0.717) is 13.2 Å². The highest BCUT2D eigenvalue weighted by Crippen LogP contribution is 2.12. The minimum atomic E-state index is -0.246. The lowest BCUT2D eigenvalue weighted by molar-refractivity contribution is -0.130. The molecule has 4 nitrogen and oxygen atoms in total. The maximum Gasteiger partial charge on any atom is 0.249 e. The molecular weight excluding hydrogens is 212 g/mol. The number of carbonyl (C=O) groups excluding carboxylic acids is 1. The zero-order chi connectivity index (χ0) is 10.7. The molecule has 0 bridgehead atoms. The van der Waals surface area contributed by atoms with Crippen molar-refractivity contribution in [2.24, 2.45) is 0 Å². The van der Waals surface area contributed by atoms with Gasteiger partial charge in [0.1, 0.15) is 6.10 Å². The van der Waals surface area contributed by atoms with E-state index in [-0.39, 0.29) is 12.0 Å². The fraction of sp³-hybridized carbons (Fsp3) is 0.600. The van der Waals surface area contributed by atoms with Crippen molar-refractivity contribution in [3.63, 3.8) is 0 Å². The average molecular weight is 226 g/mol.